The molecule has 2 aromatic rings. The first-order chi connectivity index (χ1) is 14.9. The van der Waals surface area contributed by atoms with Crippen molar-refractivity contribution in [1.82, 2.24) is 4.73 Å². The van der Waals surface area contributed by atoms with Crippen molar-refractivity contribution in [3.63, 3.8) is 0 Å². The lowest BCUT2D eigenvalue weighted by Gasteiger charge is -2.17. The second-order valence-corrected chi connectivity index (χ2v) is 5.80. The van der Waals surface area contributed by atoms with Gasteiger partial charge in [-0.25, -0.2) is 24.0 Å². The maximum atomic E-state index is 11.9. The third-order valence-corrected chi connectivity index (χ3v) is 3.65. The lowest BCUT2D eigenvalue weighted by Crippen LogP contribution is -2.39. The topological polar surface area (TPSA) is 230 Å². The molecule has 0 radical (unpaired) electrons. The standard InChI is InChI=1S/C18H13NO13/c20-10-3-1-7(5-11(10)21)2-4-12(22)31-18(17(29)30)32-19-9(15(25)26)6-8(14(23)24)13(19)16(27)28/h1-6,18,20-21H,(H,23,24)(H,25,26)(H,27,28)(H,29,30). The highest BCUT2D eigenvalue weighted by molar-refractivity contribution is 6.03. The Morgan fingerprint density at radius 2 is 1.53 bits per heavy atom. The first kappa shape index (κ1) is 23.3. The first-order valence-corrected chi connectivity index (χ1v) is 8.18. The Morgan fingerprint density at radius 1 is 0.875 bits per heavy atom. The largest absolute Gasteiger partial charge is 0.504 e. The van der Waals surface area contributed by atoms with E-state index < -0.39 is 64.6 Å². The second-order valence-electron chi connectivity index (χ2n) is 5.80. The molecule has 1 atom stereocenters. The summed E-state index contributed by atoms with van der Waals surface area (Å²) in [6.45, 7) is 0. The molecule has 0 aliphatic carbocycles. The molecule has 14 nitrogen and oxygen atoms in total. The third kappa shape index (κ3) is 5.12. The summed E-state index contributed by atoms with van der Waals surface area (Å²) in [7, 11) is 0. The number of hydrogen-bond donors (Lipinski definition) is 6. The minimum Gasteiger partial charge on any atom is -0.504 e. The van der Waals surface area contributed by atoms with E-state index in [1.807, 2.05) is 0 Å². The molecular formula is C18H13NO13. The number of aromatic nitrogens is 1. The summed E-state index contributed by atoms with van der Waals surface area (Å²) in [6, 6.07) is 3.88. The third-order valence-electron chi connectivity index (χ3n) is 3.65. The van der Waals surface area contributed by atoms with Gasteiger partial charge in [0.2, 0.25) is 0 Å². The van der Waals surface area contributed by atoms with Crippen LogP contribution >= 0.6 is 0 Å². The van der Waals surface area contributed by atoms with Crippen LogP contribution in [0.25, 0.3) is 6.08 Å². The van der Waals surface area contributed by atoms with Gasteiger partial charge in [0.15, 0.2) is 22.9 Å². The Hall–Kier alpha value is -5.01. The molecule has 1 aromatic heterocycles. The molecule has 1 heterocycles. The number of carboxylic acids is 4. The summed E-state index contributed by atoms with van der Waals surface area (Å²) in [5, 5.41) is 55.3. The minimum absolute atomic E-state index is 0.0953. The summed E-state index contributed by atoms with van der Waals surface area (Å²) in [6.07, 6.45) is -0.825. The number of ether oxygens (including phenoxy) is 1. The van der Waals surface area contributed by atoms with Crippen molar-refractivity contribution in [2.45, 2.75) is 6.29 Å². The van der Waals surface area contributed by atoms with E-state index in [1.54, 1.807) is 0 Å². The van der Waals surface area contributed by atoms with Gasteiger partial charge in [-0.1, -0.05) is 6.07 Å². The number of aliphatic carboxylic acids is 1. The average Bonchev–Trinajstić information content (AvgIpc) is 3.08. The van der Waals surface area contributed by atoms with E-state index in [0.29, 0.717) is 12.1 Å². The fourth-order valence-electron chi connectivity index (χ4n) is 2.28. The predicted octanol–water partition coefficient (Wildman–Crippen LogP) is 0.0898. The van der Waals surface area contributed by atoms with Crippen LogP contribution in [0, 0.1) is 0 Å². The molecule has 1 aromatic carbocycles. The maximum absolute atomic E-state index is 11.9. The van der Waals surface area contributed by atoms with Gasteiger partial charge in [0, 0.05) is 6.08 Å². The Balaban J connectivity index is 2.33. The highest BCUT2D eigenvalue weighted by Crippen LogP contribution is 2.25. The van der Waals surface area contributed by atoms with Crippen molar-refractivity contribution in [2.75, 3.05) is 0 Å². The van der Waals surface area contributed by atoms with Gasteiger partial charge in [-0.2, -0.15) is 4.73 Å². The fourth-order valence-corrected chi connectivity index (χ4v) is 2.28. The molecule has 0 spiro atoms. The zero-order valence-electron chi connectivity index (χ0n) is 15.5. The van der Waals surface area contributed by atoms with Gasteiger partial charge < -0.3 is 40.2 Å². The number of phenols is 2. The quantitative estimate of drug-likeness (QED) is 0.129. The molecule has 0 bridgehead atoms. The molecule has 0 saturated carbocycles. The number of carbonyl (C=O) groups is 5. The number of phenolic OH excluding ortho intramolecular Hbond substituents is 2. The normalized spacial score (nSPS) is 11.6. The number of hydrogen-bond acceptors (Lipinski definition) is 9. The van der Waals surface area contributed by atoms with E-state index in [-0.39, 0.29) is 10.3 Å². The maximum Gasteiger partial charge on any atom is 0.389 e. The molecule has 0 amide bonds. The highest BCUT2D eigenvalue weighted by Gasteiger charge is 2.33. The van der Waals surface area contributed by atoms with Crippen LogP contribution in [0.1, 0.15) is 36.9 Å². The zero-order chi connectivity index (χ0) is 24.2. The van der Waals surface area contributed by atoms with E-state index >= 15 is 0 Å². The van der Waals surface area contributed by atoms with Crippen LogP contribution in [0.2, 0.25) is 0 Å². The lowest BCUT2D eigenvalue weighted by atomic mass is 10.2. The van der Waals surface area contributed by atoms with Gasteiger partial charge in [0.05, 0.1) is 5.56 Å². The number of aromatic carboxylic acids is 3. The van der Waals surface area contributed by atoms with Crippen molar-refractivity contribution in [3.8, 4) is 11.5 Å². The van der Waals surface area contributed by atoms with Crippen molar-refractivity contribution >= 4 is 35.9 Å². The molecule has 168 valence electrons. The Labute approximate surface area is 176 Å². The van der Waals surface area contributed by atoms with E-state index in [2.05, 4.69) is 4.74 Å². The second kappa shape index (κ2) is 9.21. The van der Waals surface area contributed by atoms with Crippen LogP contribution in [-0.2, 0) is 14.3 Å². The average molecular weight is 451 g/mol. The molecule has 0 aliphatic rings. The van der Waals surface area contributed by atoms with Gasteiger partial charge in [0.1, 0.15) is 0 Å². The molecule has 14 heteroatoms. The first-order valence-electron chi connectivity index (χ1n) is 8.18. The smallest absolute Gasteiger partial charge is 0.389 e. The van der Waals surface area contributed by atoms with Crippen LogP contribution in [0.4, 0.5) is 0 Å². The van der Waals surface area contributed by atoms with Crippen LogP contribution in [-0.4, -0.2) is 71.5 Å². The van der Waals surface area contributed by atoms with Gasteiger partial charge in [-0.3, -0.25) is 0 Å². The number of esters is 1. The number of benzene rings is 1. The minimum atomic E-state index is -2.58. The predicted molar refractivity (Wildman–Crippen MR) is 98.2 cm³/mol. The summed E-state index contributed by atoms with van der Waals surface area (Å²) in [5.74, 6) is -9.91. The number of aromatic hydroxyl groups is 2. The zero-order valence-corrected chi connectivity index (χ0v) is 15.5. The van der Waals surface area contributed by atoms with E-state index in [9.17, 15) is 44.4 Å². The summed E-state index contributed by atoms with van der Waals surface area (Å²) in [4.78, 5) is 61.9. The van der Waals surface area contributed by atoms with Gasteiger partial charge in [0.25, 0.3) is 0 Å². The summed E-state index contributed by atoms with van der Waals surface area (Å²) in [5.41, 5.74) is -3.11. The highest BCUT2D eigenvalue weighted by atomic mass is 16.8. The summed E-state index contributed by atoms with van der Waals surface area (Å²) < 4.78 is 4.42. The van der Waals surface area contributed by atoms with Crippen LogP contribution < -0.4 is 4.84 Å². The van der Waals surface area contributed by atoms with E-state index in [1.165, 1.54) is 6.07 Å². The van der Waals surface area contributed by atoms with Crippen molar-refractivity contribution < 1.29 is 64.2 Å². The number of carboxylic acid groups (broad SMARTS) is 4. The molecule has 6 N–H and O–H groups in total. The Bertz CT molecular complexity index is 1140. The molecule has 0 aliphatic heterocycles. The van der Waals surface area contributed by atoms with Gasteiger partial charge in [-0.05, 0) is 29.8 Å². The fraction of sp³-hybridized carbons (Fsp3) is 0.0556. The van der Waals surface area contributed by atoms with Gasteiger partial charge in [-0.15, -0.1) is 0 Å². The Kier molecular flexibility index (Phi) is 6.69. The lowest BCUT2D eigenvalue weighted by molar-refractivity contribution is -0.194. The van der Waals surface area contributed by atoms with Crippen LogP contribution in [0.5, 0.6) is 11.5 Å². The van der Waals surface area contributed by atoms with Crippen molar-refractivity contribution in [2.24, 2.45) is 0 Å². The van der Waals surface area contributed by atoms with Gasteiger partial charge >= 0.3 is 36.1 Å². The van der Waals surface area contributed by atoms with E-state index in [0.717, 1.165) is 18.2 Å². The SMILES string of the molecule is O=C(C=Cc1ccc(O)c(O)c1)OC(On1c(C(=O)O)cc(C(=O)O)c1C(=O)O)C(=O)O. The van der Waals surface area contributed by atoms with E-state index in [4.69, 9.17) is 15.1 Å². The monoisotopic (exact) mass is 451 g/mol. The number of rotatable bonds is 9. The molecule has 32 heavy (non-hydrogen) atoms. The molecule has 0 saturated heterocycles. The number of nitrogens with zero attached hydrogens (tertiary/aromatic N) is 1. The molecule has 1 unspecified atom stereocenters. The molecular weight excluding hydrogens is 438 g/mol. The van der Waals surface area contributed by atoms with Crippen LogP contribution in [0.15, 0.2) is 30.3 Å². The molecule has 2 rings (SSSR count). The van der Waals surface area contributed by atoms with Crippen molar-refractivity contribution in [3.05, 3.63) is 52.9 Å². The Morgan fingerprint density at radius 3 is 2.03 bits per heavy atom. The molecule has 0 fully saturated rings. The number of carbonyl (C=O) groups excluding carboxylic acids is 1. The summed E-state index contributed by atoms with van der Waals surface area (Å²) >= 11 is 0. The van der Waals surface area contributed by atoms with Crippen molar-refractivity contribution in [1.29, 1.82) is 0 Å². The van der Waals surface area contributed by atoms with Crippen LogP contribution in [0.3, 0.4) is 0 Å².